The summed E-state index contributed by atoms with van der Waals surface area (Å²) in [6.07, 6.45) is 2.19. The molecule has 1 N–H and O–H groups in total. The van der Waals surface area contributed by atoms with Crippen LogP contribution in [0, 0.1) is 6.92 Å². The minimum absolute atomic E-state index is 0.0791. The van der Waals surface area contributed by atoms with E-state index in [0.717, 1.165) is 11.3 Å². The van der Waals surface area contributed by atoms with E-state index in [1.54, 1.807) is 16.8 Å². The highest BCUT2D eigenvalue weighted by atomic mass is 16.5. The largest absolute Gasteiger partial charge is 0.481 e. The zero-order valence-electron chi connectivity index (χ0n) is 7.73. The Morgan fingerprint density at radius 2 is 2.50 bits per heavy atom. The Hall–Kier alpha value is -1.78. The lowest BCUT2D eigenvalue weighted by Gasteiger charge is -1.91. The molecule has 74 valence electrons. The van der Waals surface area contributed by atoms with Gasteiger partial charge in [0.1, 0.15) is 5.76 Å². The van der Waals surface area contributed by atoms with E-state index in [-0.39, 0.29) is 6.42 Å². The van der Waals surface area contributed by atoms with Crippen molar-refractivity contribution in [3.63, 3.8) is 0 Å². The molecule has 2 aromatic rings. The molecule has 0 unspecified atom stereocenters. The number of carbonyl (C=O) groups is 1. The zero-order valence-corrected chi connectivity index (χ0v) is 7.73. The fraction of sp³-hybridized carbons (Fsp3) is 0.333. The first-order chi connectivity index (χ1) is 6.66. The summed E-state index contributed by atoms with van der Waals surface area (Å²) in [4.78, 5) is 14.4. The molecule has 2 aromatic heterocycles. The van der Waals surface area contributed by atoms with Crippen LogP contribution in [0.5, 0.6) is 0 Å². The summed E-state index contributed by atoms with van der Waals surface area (Å²) in [5, 5.41) is 8.49. The molecular weight excluding hydrogens is 184 g/mol. The number of fused-ring (bicyclic) bond motifs is 1. The molecule has 0 radical (unpaired) electrons. The van der Waals surface area contributed by atoms with Crippen molar-refractivity contribution in [3.05, 3.63) is 23.7 Å². The van der Waals surface area contributed by atoms with Crippen molar-refractivity contribution in [2.24, 2.45) is 0 Å². The van der Waals surface area contributed by atoms with Gasteiger partial charge in [-0.2, -0.15) is 4.57 Å². The maximum Gasteiger partial charge on any atom is 0.303 e. The SMILES string of the molecule is Cc1cnc2cc(CCC(=O)O)on12. The van der Waals surface area contributed by atoms with Gasteiger partial charge in [-0.25, -0.2) is 4.98 Å². The number of carboxylic acids is 1. The van der Waals surface area contributed by atoms with E-state index in [1.165, 1.54) is 0 Å². The molecule has 14 heavy (non-hydrogen) atoms. The Morgan fingerprint density at radius 1 is 1.71 bits per heavy atom. The highest BCUT2D eigenvalue weighted by molar-refractivity contribution is 5.67. The number of rotatable bonds is 3. The predicted octanol–water partition coefficient (Wildman–Crippen LogP) is 1.25. The lowest BCUT2D eigenvalue weighted by Crippen LogP contribution is -1.96. The molecule has 0 fully saturated rings. The number of hydrogen-bond donors (Lipinski definition) is 1. The van der Waals surface area contributed by atoms with E-state index in [9.17, 15) is 4.79 Å². The van der Waals surface area contributed by atoms with Crippen molar-refractivity contribution in [1.29, 1.82) is 0 Å². The van der Waals surface area contributed by atoms with Gasteiger partial charge in [0.15, 0.2) is 5.65 Å². The summed E-state index contributed by atoms with van der Waals surface area (Å²) >= 11 is 0. The molecule has 0 saturated carbocycles. The van der Waals surface area contributed by atoms with Gasteiger partial charge in [-0.1, -0.05) is 0 Å². The summed E-state index contributed by atoms with van der Waals surface area (Å²) in [6, 6.07) is 1.76. The number of imidazole rings is 1. The monoisotopic (exact) mass is 194 g/mol. The molecule has 0 amide bonds. The lowest BCUT2D eigenvalue weighted by molar-refractivity contribution is -0.137. The van der Waals surface area contributed by atoms with Crippen LogP contribution < -0.4 is 0 Å². The quantitative estimate of drug-likeness (QED) is 0.798. The van der Waals surface area contributed by atoms with Crippen LogP contribution in [0.3, 0.4) is 0 Å². The second-order valence-electron chi connectivity index (χ2n) is 3.15. The standard InChI is InChI=1S/C9H10N2O3/c1-6-5-10-8-4-7(14-11(6)8)2-3-9(12)13/h4-5H,2-3H2,1H3,(H,12,13). The first-order valence-electron chi connectivity index (χ1n) is 4.32. The van der Waals surface area contributed by atoms with Crippen LogP contribution in [0.1, 0.15) is 17.9 Å². The van der Waals surface area contributed by atoms with Crippen molar-refractivity contribution in [2.75, 3.05) is 0 Å². The van der Waals surface area contributed by atoms with Gasteiger partial charge in [-0.3, -0.25) is 4.79 Å². The molecule has 0 aromatic carbocycles. The molecule has 0 aliphatic heterocycles. The van der Waals surface area contributed by atoms with Crippen molar-refractivity contribution in [3.8, 4) is 0 Å². The summed E-state index contributed by atoms with van der Waals surface area (Å²) < 4.78 is 6.97. The van der Waals surface area contributed by atoms with Gasteiger partial charge in [0.25, 0.3) is 0 Å². The highest BCUT2D eigenvalue weighted by Gasteiger charge is 2.08. The van der Waals surface area contributed by atoms with Crippen LogP contribution in [0.4, 0.5) is 0 Å². The van der Waals surface area contributed by atoms with Crippen LogP contribution in [-0.4, -0.2) is 20.6 Å². The van der Waals surface area contributed by atoms with Gasteiger partial charge < -0.3 is 9.63 Å². The first kappa shape index (κ1) is 8.80. The Balaban J connectivity index is 2.23. The Kier molecular flexibility index (Phi) is 1.99. The number of carboxylic acid groups (broad SMARTS) is 1. The number of aryl methyl sites for hydroxylation is 2. The van der Waals surface area contributed by atoms with Gasteiger partial charge in [-0.15, -0.1) is 0 Å². The van der Waals surface area contributed by atoms with Crippen molar-refractivity contribution < 1.29 is 14.4 Å². The maximum absolute atomic E-state index is 10.3. The van der Waals surface area contributed by atoms with Gasteiger partial charge in [-0.05, 0) is 6.92 Å². The molecular formula is C9H10N2O3. The third-order valence-electron chi connectivity index (χ3n) is 2.00. The van der Waals surface area contributed by atoms with Crippen LogP contribution >= 0.6 is 0 Å². The fourth-order valence-electron chi connectivity index (χ4n) is 1.30. The van der Waals surface area contributed by atoms with Crippen LogP contribution in [-0.2, 0) is 11.2 Å². The summed E-state index contributed by atoms with van der Waals surface area (Å²) in [5.41, 5.74) is 1.63. The van der Waals surface area contributed by atoms with Crippen molar-refractivity contribution in [2.45, 2.75) is 19.8 Å². The molecule has 0 atom stereocenters. The second-order valence-corrected chi connectivity index (χ2v) is 3.15. The van der Waals surface area contributed by atoms with E-state index in [2.05, 4.69) is 4.98 Å². The lowest BCUT2D eigenvalue weighted by atomic mass is 10.2. The zero-order chi connectivity index (χ0) is 10.1. The second kappa shape index (κ2) is 3.17. The van der Waals surface area contributed by atoms with Crippen LogP contribution in [0.25, 0.3) is 5.65 Å². The predicted molar refractivity (Wildman–Crippen MR) is 48.2 cm³/mol. The third-order valence-corrected chi connectivity index (χ3v) is 2.00. The molecule has 5 heteroatoms. The summed E-state index contributed by atoms with van der Waals surface area (Å²) in [6.45, 7) is 1.88. The molecule has 0 aliphatic carbocycles. The van der Waals surface area contributed by atoms with Gasteiger partial charge in [0.2, 0.25) is 0 Å². The van der Waals surface area contributed by atoms with E-state index >= 15 is 0 Å². The Bertz CT molecular complexity index is 469. The smallest absolute Gasteiger partial charge is 0.303 e. The minimum Gasteiger partial charge on any atom is -0.481 e. The average molecular weight is 194 g/mol. The van der Waals surface area contributed by atoms with Crippen LogP contribution in [0.2, 0.25) is 0 Å². The molecule has 2 rings (SSSR count). The normalized spacial score (nSPS) is 10.9. The maximum atomic E-state index is 10.3. The first-order valence-corrected chi connectivity index (χ1v) is 4.32. The van der Waals surface area contributed by atoms with Crippen molar-refractivity contribution in [1.82, 2.24) is 9.56 Å². The van der Waals surface area contributed by atoms with E-state index in [4.69, 9.17) is 9.63 Å². The number of hydrogen-bond acceptors (Lipinski definition) is 3. The number of aromatic nitrogens is 2. The van der Waals surface area contributed by atoms with Gasteiger partial charge in [0.05, 0.1) is 18.3 Å². The summed E-state index contributed by atoms with van der Waals surface area (Å²) in [7, 11) is 0. The van der Waals surface area contributed by atoms with Gasteiger partial charge in [0, 0.05) is 12.5 Å². The van der Waals surface area contributed by atoms with Crippen molar-refractivity contribution >= 4 is 11.6 Å². The van der Waals surface area contributed by atoms with E-state index < -0.39 is 5.97 Å². The number of aliphatic carboxylic acids is 1. The summed E-state index contributed by atoms with van der Waals surface area (Å²) in [5.74, 6) is -0.172. The molecule has 0 saturated heterocycles. The number of nitrogens with zero attached hydrogens (tertiary/aromatic N) is 2. The minimum atomic E-state index is -0.823. The molecule has 0 aliphatic rings. The molecule has 0 bridgehead atoms. The Morgan fingerprint density at radius 3 is 3.14 bits per heavy atom. The highest BCUT2D eigenvalue weighted by Crippen LogP contribution is 2.12. The van der Waals surface area contributed by atoms with E-state index in [1.807, 2.05) is 6.92 Å². The van der Waals surface area contributed by atoms with E-state index in [0.29, 0.717) is 12.2 Å². The molecule has 0 spiro atoms. The third kappa shape index (κ3) is 1.48. The Labute approximate surface area is 79.9 Å². The average Bonchev–Trinajstić information content (AvgIpc) is 2.65. The fourth-order valence-corrected chi connectivity index (χ4v) is 1.30. The topological polar surface area (TPSA) is 67.7 Å². The molecule has 2 heterocycles. The van der Waals surface area contributed by atoms with Crippen LogP contribution in [0.15, 0.2) is 16.8 Å². The molecule has 5 nitrogen and oxygen atoms in total. The van der Waals surface area contributed by atoms with Gasteiger partial charge >= 0.3 is 5.97 Å².